The number of hydrogen-bond donors (Lipinski definition) is 0. The van der Waals surface area contributed by atoms with Gasteiger partial charge in [-0.1, -0.05) is 12.1 Å². The van der Waals surface area contributed by atoms with Gasteiger partial charge in [-0.15, -0.1) is 0 Å². The zero-order valence-electron chi connectivity index (χ0n) is 9.72. The van der Waals surface area contributed by atoms with Crippen LogP contribution in [0.15, 0.2) is 43.0 Å². The van der Waals surface area contributed by atoms with Crippen LogP contribution < -0.4 is 4.74 Å². The number of rotatable bonds is 3. The molecule has 3 aromatic rings. The Balaban J connectivity index is 2.03. The summed E-state index contributed by atoms with van der Waals surface area (Å²) in [6, 6.07) is 6.78. The molecule has 0 unspecified atom stereocenters. The van der Waals surface area contributed by atoms with E-state index in [1.54, 1.807) is 36.7 Å². The summed E-state index contributed by atoms with van der Waals surface area (Å²) in [5, 5.41) is 0. The van der Waals surface area contributed by atoms with Gasteiger partial charge in [0.2, 0.25) is 0 Å². The van der Waals surface area contributed by atoms with Crippen LogP contribution in [-0.4, -0.2) is 26.2 Å². The third kappa shape index (κ3) is 2.23. The predicted octanol–water partition coefficient (Wildman–Crippen LogP) is 2.02. The van der Waals surface area contributed by atoms with Crippen LogP contribution in [-0.2, 0) is 0 Å². The van der Waals surface area contributed by atoms with Gasteiger partial charge >= 0.3 is 0 Å². The molecule has 0 N–H and O–H groups in total. The molecule has 6 nitrogen and oxygen atoms in total. The van der Waals surface area contributed by atoms with Gasteiger partial charge in [0.15, 0.2) is 11.2 Å². The highest BCUT2D eigenvalue weighted by Crippen LogP contribution is 2.24. The second kappa shape index (κ2) is 4.77. The van der Waals surface area contributed by atoms with Crippen molar-refractivity contribution in [3.05, 3.63) is 48.5 Å². The van der Waals surface area contributed by atoms with Gasteiger partial charge in [-0.3, -0.25) is 4.79 Å². The number of hydrogen-bond acceptors (Lipinski definition) is 6. The van der Waals surface area contributed by atoms with E-state index >= 15 is 0 Å². The first-order valence-corrected chi connectivity index (χ1v) is 5.51. The monoisotopic (exact) mass is 252 g/mol. The summed E-state index contributed by atoms with van der Waals surface area (Å²) in [5.41, 5.74) is 1.46. The molecular formula is C13H8N4O2. The minimum absolute atomic E-state index is 0.307. The number of carbonyl (C=O) groups excluding carboxylic acids is 1. The van der Waals surface area contributed by atoms with Crippen molar-refractivity contribution in [3.8, 4) is 11.6 Å². The van der Waals surface area contributed by atoms with E-state index in [2.05, 4.69) is 19.9 Å². The molecule has 1 aromatic carbocycles. The van der Waals surface area contributed by atoms with E-state index in [1.165, 1.54) is 6.33 Å². The first-order chi connectivity index (χ1) is 9.36. The van der Waals surface area contributed by atoms with Crippen molar-refractivity contribution in [2.24, 2.45) is 0 Å². The van der Waals surface area contributed by atoms with Crippen LogP contribution in [0, 0.1) is 0 Å². The minimum atomic E-state index is 0.307. The highest BCUT2D eigenvalue weighted by molar-refractivity contribution is 5.76. The van der Waals surface area contributed by atoms with E-state index in [4.69, 9.17) is 4.74 Å². The van der Waals surface area contributed by atoms with E-state index in [0.29, 0.717) is 28.4 Å². The fourth-order valence-corrected chi connectivity index (χ4v) is 1.61. The fraction of sp³-hybridized carbons (Fsp3) is 0. The molecule has 6 heteroatoms. The SMILES string of the molecule is O=Cc1cccc(Oc2ncnc3nccnc23)c1. The Morgan fingerprint density at radius 3 is 2.84 bits per heavy atom. The number of ether oxygens (including phenoxy) is 1. The van der Waals surface area contributed by atoms with Crippen LogP contribution in [0.1, 0.15) is 10.4 Å². The van der Waals surface area contributed by atoms with Crippen LogP contribution in [0.3, 0.4) is 0 Å². The molecule has 0 saturated carbocycles. The highest BCUT2D eigenvalue weighted by Gasteiger charge is 2.08. The molecule has 0 amide bonds. The van der Waals surface area contributed by atoms with Gasteiger partial charge in [-0.2, -0.15) is 4.98 Å². The van der Waals surface area contributed by atoms with Gasteiger partial charge in [0, 0.05) is 18.0 Å². The van der Waals surface area contributed by atoms with Gasteiger partial charge in [0.05, 0.1) is 0 Å². The maximum absolute atomic E-state index is 10.7. The third-order valence-corrected chi connectivity index (χ3v) is 2.45. The van der Waals surface area contributed by atoms with Crippen molar-refractivity contribution < 1.29 is 9.53 Å². The molecule has 2 aromatic heterocycles. The van der Waals surface area contributed by atoms with Crippen molar-refractivity contribution in [1.29, 1.82) is 0 Å². The Hall–Kier alpha value is -2.89. The number of aromatic nitrogens is 4. The average Bonchev–Trinajstić information content (AvgIpc) is 2.48. The zero-order valence-corrected chi connectivity index (χ0v) is 9.72. The molecule has 0 aliphatic heterocycles. The summed E-state index contributed by atoms with van der Waals surface area (Å²) in [6.45, 7) is 0. The summed E-state index contributed by atoms with van der Waals surface area (Å²) < 4.78 is 5.62. The molecule has 0 spiro atoms. The Morgan fingerprint density at radius 2 is 1.95 bits per heavy atom. The quantitative estimate of drug-likeness (QED) is 0.663. The van der Waals surface area contributed by atoms with E-state index in [-0.39, 0.29) is 0 Å². The van der Waals surface area contributed by atoms with Crippen LogP contribution in [0.4, 0.5) is 0 Å². The van der Waals surface area contributed by atoms with Gasteiger partial charge < -0.3 is 4.74 Å². The zero-order chi connectivity index (χ0) is 13.1. The molecule has 3 rings (SSSR count). The van der Waals surface area contributed by atoms with Crippen molar-refractivity contribution >= 4 is 17.5 Å². The van der Waals surface area contributed by atoms with Crippen molar-refractivity contribution in [1.82, 2.24) is 19.9 Å². The molecule has 0 aliphatic rings. The van der Waals surface area contributed by atoms with E-state index in [9.17, 15) is 4.79 Å². The van der Waals surface area contributed by atoms with E-state index in [0.717, 1.165) is 6.29 Å². The lowest BCUT2D eigenvalue weighted by Crippen LogP contribution is -1.95. The van der Waals surface area contributed by atoms with Gasteiger partial charge in [0.1, 0.15) is 18.4 Å². The van der Waals surface area contributed by atoms with Crippen molar-refractivity contribution in [3.63, 3.8) is 0 Å². The first kappa shape index (κ1) is 11.2. The van der Waals surface area contributed by atoms with Crippen LogP contribution in [0.25, 0.3) is 11.2 Å². The summed E-state index contributed by atoms with van der Waals surface area (Å²) >= 11 is 0. The third-order valence-electron chi connectivity index (χ3n) is 2.45. The second-order valence-corrected chi connectivity index (χ2v) is 3.70. The van der Waals surface area contributed by atoms with Gasteiger partial charge in [-0.05, 0) is 12.1 Å². The Kier molecular flexibility index (Phi) is 2.82. The maximum atomic E-state index is 10.7. The van der Waals surface area contributed by atoms with Crippen molar-refractivity contribution in [2.75, 3.05) is 0 Å². The summed E-state index contributed by atoms with van der Waals surface area (Å²) in [4.78, 5) is 27.0. The summed E-state index contributed by atoms with van der Waals surface area (Å²) in [6.07, 6.45) is 5.20. The molecular weight excluding hydrogens is 244 g/mol. The van der Waals surface area contributed by atoms with Crippen LogP contribution in [0.2, 0.25) is 0 Å². The Bertz CT molecular complexity index is 740. The Labute approximate surface area is 108 Å². The summed E-state index contributed by atoms with van der Waals surface area (Å²) in [5.74, 6) is 0.816. The smallest absolute Gasteiger partial charge is 0.250 e. The molecule has 19 heavy (non-hydrogen) atoms. The van der Waals surface area contributed by atoms with Gasteiger partial charge in [0.25, 0.3) is 5.88 Å². The topological polar surface area (TPSA) is 77.9 Å². The first-order valence-electron chi connectivity index (χ1n) is 5.51. The molecule has 0 atom stereocenters. The van der Waals surface area contributed by atoms with Crippen molar-refractivity contribution in [2.45, 2.75) is 0 Å². The van der Waals surface area contributed by atoms with E-state index in [1.807, 2.05) is 0 Å². The molecule has 0 bridgehead atoms. The van der Waals surface area contributed by atoms with Crippen LogP contribution >= 0.6 is 0 Å². The lowest BCUT2D eigenvalue weighted by atomic mass is 10.2. The fourth-order valence-electron chi connectivity index (χ4n) is 1.61. The second-order valence-electron chi connectivity index (χ2n) is 3.70. The molecule has 2 heterocycles. The predicted molar refractivity (Wildman–Crippen MR) is 67.0 cm³/mol. The number of fused-ring (bicyclic) bond motifs is 1. The number of aldehydes is 1. The number of benzene rings is 1. The number of nitrogens with zero attached hydrogens (tertiary/aromatic N) is 4. The highest BCUT2D eigenvalue weighted by atomic mass is 16.5. The molecule has 92 valence electrons. The number of carbonyl (C=O) groups is 1. The normalized spacial score (nSPS) is 10.3. The Morgan fingerprint density at radius 1 is 1.05 bits per heavy atom. The van der Waals surface area contributed by atoms with Gasteiger partial charge in [-0.25, -0.2) is 15.0 Å². The average molecular weight is 252 g/mol. The lowest BCUT2D eigenvalue weighted by molar-refractivity contribution is 0.112. The molecule has 0 saturated heterocycles. The summed E-state index contributed by atoms with van der Waals surface area (Å²) in [7, 11) is 0. The maximum Gasteiger partial charge on any atom is 0.250 e. The largest absolute Gasteiger partial charge is 0.437 e. The molecule has 0 fully saturated rings. The molecule has 0 aliphatic carbocycles. The van der Waals surface area contributed by atoms with Crippen LogP contribution in [0.5, 0.6) is 11.6 Å². The minimum Gasteiger partial charge on any atom is -0.437 e. The molecule has 0 radical (unpaired) electrons. The van der Waals surface area contributed by atoms with E-state index < -0.39 is 0 Å². The standard InChI is InChI=1S/C13H8N4O2/c18-7-9-2-1-3-10(6-9)19-13-11-12(16-8-17-13)15-5-4-14-11/h1-8H. The lowest BCUT2D eigenvalue weighted by Gasteiger charge is -2.06.